The van der Waals surface area contributed by atoms with E-state index in [9.17, 15) is 13.2 Å². The molecule has 0 saturated carbocycles. The largest absolute Gasteiger partial charge is 0.497 e. The van der Waals surface area contributed by atoms with E-state index in [1.165, 1.54) is 23.5 Å². The topological polar surface area (TPSA) is 84.7 Å². The van der Waals surface area contributed by atoms with Gasteiger partial charge in [-0.15, -0.1) is 0 Å². The number of aryl methyl sites for hydroxylation is 1. The average molecular weight is 392 g/mol. The molecule has 2 aromatic rings. The Kier molecular flexibility index (Phi) is 5.52. The van der Waals surface area contributed by atoms with Crippen molar-refractivity contribution in [1.82, 2.24) is 19.0 Å². The molecule has 1 fully saturated rings. The number of carbonyl (C=O) groups is 1. The van der Waals surface area contributed by atoms with Gasteiger partial charge in [0.1, 0.15) is 11.8 Å². The van der Waals surface area contributed by atoms with Crippen LogP contribution >= 0.6 is 0 Å². The zero-order valence-electron chi connectivity index (χ0n) is 15.7. The minimum Gasteiger partial charge on any atom is -0.497 e. The first-order chi connectivity index (χ1) is 12.8. The molecule has 0 aliphatic carbocycles. The molecule has 27 heavy (non-hydrogen) atoms. The highest BCUT2D eigenvalue weighted by atomic mass is 32.2. The molecule has 0 spiro atoms. The van der Waals surface area contributed by atoms with Gasteiger partial charge in [0.05, 0.1) is 12.0 Å². The lowest BCUT2D eigenvalue weighted by molar-refractivity contribution is -0.135. The Morgan fingerprint density at radius 3 is 2.26 bits per heavy atom. The van der Waals surface area contributed by atoms with Gasteiger partial charge in [0.15, 0.2) is 0 Å². The van der Waals surface area contributed by atoms with Gasteiger partial charge in [0.2, 0.25) is 15.9 Å². The van der Waals surface area contributed by atoms with Crippen molar-refractivity contribution in [1.29, 1.82) is 0 Å². The molecule has 146 valence electrons. The maximum atomic E-state index is 12.8. The predicted octanol–water partition coefficient (Wildman–Crippen LogP) is 1.29. The molecule has 1 aromatic heterocycles. The Morgan fingerprint density at radius 2 is 1.74 bits per heavy atom. The van der Waals surface area contributed by atoms with Crippen LogP contribution in [0.4, 0.5) is 0 Å². The lowest BCUT2D eigenvalue weighted by Gasteiger charge is -2.35. The maximum Gasteiger partial charge on any atom is 0.247 e. The zero-order valence-corrected chi connectivity index (χ0v) is 16.5. The smallest absolute Gasteiger partial charge is 0.247 e. The van der Waals surface area contributed by atoms with Crippen LogP contribution in [-0.2, 0) is 14.8 Å². The van der Waals surface area contributed by atoms with Gasteiger partial charge in [0, 0.05) is 38.1 Å². The Morgan fingerprint density at radius 1 is 1.11 bits per heavy atom. The van der Waals surface area contributed by atoms with E-state index in [2.05, 4.69) is 5.10 Å². The highest BCUT2D eigenvalue weighted by molar-refractivity contribution is 7.89. The van der Waals surface area contributed by atoms with Gasteiger partial charge in [-0.1, -0.05) is 0 Å². The van der Waals surface area contributed by atoms with Gasteiger partial charge >= 0.3 is 0 Å². The molecule has 1 amide bonds. The van der Waals surface area contributed by atoms with Crippen molar-refractivity contribution < 1.29 is 17.9 Å². The molecule has 0 radical (unpaired) electrons. The molecule has 0 N–H and O–H groups in total. The molecule has 9 heteroatoms. The molecule has 1 unspecified atom stereocenters. The normalized spacial score (nSPS) is 16.9. The lowest BCUT2D eigenvalue weighted by Crippen LogP contribution is -2.51. The average Bonchev–Trinajstić information content (AvgIpc) is 3.12. The molecule has 2 heterocycles. The summed E-state index contributed by atoms with van der Waals surface area (Å²) < 4.78 is 33.8. The van der Waals surface area contributed by atoms with Gasteiger partial charge in [0.25, 0.3) is 0 Å². The van der Waals surface area contributed by atoms with Crippen LogP contribution in [0.3, 0.4) is 0 Å². The van der Waals surface area contributed by atoms with Gasteiger partial charge in [-0.2, -0.15) is 9.40 Å². The number of ether oxygens (including phenoxy) is 1. The predicted molar refractivity (Wildman–Crippen MR) is 100 cm³/mol. The van der Waals surface area contributed by atoms with Gasteiger partial charge in [-0.3, -0.25) is 9.48 Å². The molecule has 8 nitrogen and oxygen atoms in total. The fourth-order valence-corrected chi connectivity index (χ4v) is 4.62. The van der Waals surface area contributed by atoms with E-state index in [0.717, 1.165) is 5.69 Å². The first-order valence-electron chi connectivity index (χ1n) is 8.77. The summed E-state index contributed by atoms with van der Waals surface area (Å²) in [6.07, 6.45) is 1.67. The first-order valence-corrected chi connectivity index (χ1v) is 10.2. The van der Waals surface area contributed by atoms with Gasteiger partial charge < -0.3 is 9.64 Å². The molecule has 1 aliphatic rings. The number of rotatable bonds is 5. The van der Waals surface area contributed by atoms with Crippen LogP contribution in [0.15, 0.2) is 41.4 Å². The van der Waals surface area contributed by atoms with E-state index < -0.39 is 16.1 Å². The van der Waals surface area contributed by atoms with Crippen LogP contribution < -0.4 is 4.74 Å². The van der Waals surface area contributed by atoms with Crippen LogP contribution in [-0.4, -0.2) is 66.6 Å². The van der Waals surface area contributed by atoms with E-state index >= 15 is 0 Å². The van der Waals surface area contributed by atoms with Crippen LogP contribution in [0.25, 0.3) is 0 Å². The standard InChI is InChI=1S/C18H24N4O4S/c1-14-8-9-19-22(14)15(2)18(23)20-10-12-21(13-11-20)27(24,25)17-6-4-16(26-3)5-7-17/h4-9,15H,10-13H2,1-3H3. The number of hydrogen-bond acceptors (Lipinski definition) is 5. The lowest BCUT2D eigenvalue weighted by atomic mass is 10.2. The summed E-state index contributed by atoms with van der Waals surface area (Å²) >= 11 is 0. The maximum absolute atomic E-state index is 12.8. The SMILES string of the molecule is COc1ccc(S(=O)(=O)N2CCN(C(=O)C(C)n3nccc3C)CC2)cc1. The van der Waals surface area contributed by atoms with Crippen molar-refractivity contribution in [3.63, 3.8) is 0 Å². The van der Waals surface area contributed by atoms with Crippen molar-refractivity contribution in [3.8, 4) is 5.75 Å². The molecule has 1 saturated heterocycles. The fourth-order valence-electron chi connectivity index (χ4n) is 3.20. The van der Waals surface area contributed by atoms with Crippen molar-refractivity contribution in [2.45, 2.75) is 24.8 Å². The number of methoxy groups -OCH3 is 1. The number of amides is 1. The Labute approximate surface area is 159 Å². The first kappa shape index (κ1) is 19.4. The fraction of sp³-hybridized carbons (Fsp3) is 0.444. The number of carbonyl (C=O) groups excluding carboxylic acids is 1. The quantitative estimate of drug-likeness (QED) is 0.766. The summed E-state index contributed by atoms with van der Waals surface area (Å²) in [5, 5.41) is 4.19. The van der Waals surface area contributed by atoms with Crippen molar-refractivity contribution >= 4 is 15.9 Å². The summed E-state index contributed by atoms with van der Waals surface area (Å²) in [6, 6.07) is 7.76. The van der Waals surface area contributed by atoms with E-state index in [1.807, 2.05) is 19.9 Å². The van der Waals surface area contributed by atoms with Crippen molar-refractivity contribution in [3.05, 3.63) is 42.2 Å². The van der Waals surface area contributed by atoms with Crippen LogP contribution in [0, 0.1) is 6.92 Å². The molecular formula is C18H24N4O4S. The van der Waals surface area contributed by atoms with Gasteiger partial charge in [-0.05, 0) is 44.2 Å². The Bertz CT molecular complexity index is 900. The second-order valence-electron chi connectivity index (χ2n) is 6.50. The van der Waals surface area contributed by atoms with Gasteiger partial charge in [-0.25, -0.2) is 8.42 Å². The molecular weight excluding hydrogens is 368 g/mol. The number of piperazine rings is 1. The Hall–Kier alpha value is -2.39. The summed E-state index contributed by atoms with van der Waals surface area (Å²) in [5.74, 6) is 0.551. The van der Waals surface area contributed by atoms with Crippen LogP contribution in [0.5, 0.6) is 5.75 Å². The van der Waals surface area contributed by atoms with E-state index in [1.54, 1.807) is 27.9 Å². The van der Waals surface area contributed by atoms with E-state index in [-0.39, 0.29) is 23.9 Å². The van der Waals surface area contributed by atoms with Crippen LogP contribution in [0.1, 0.15) is 18.7 Å². The minimum absolute atomic E-state index is 0.0525. The van der Waals surface area contributed by atoms with Crippen molar-refractivity contribution in [2.75, 3.05) is 33.3 Å². The molecule has 1 aliphatic heterocycles. The van der Waals surface area contributed by atoms with Crippen LogP contribution in [0.2, 0.25) is 0 Å². The number of benzene rings is 1. The number of aromatic nitrogens is 2. The second-order valence-corrected chi connectivity index (χ2v) is 8.44. The third-order valence-corrected chi connectivity index (χ3v) is 6.75. The van der Waals surface area contributed by atoms with E-state index in [0.29, 0.717) is 18.8 Å². The zero-order chi connectivity index (χ0) is 19.6. The highest BCUT2D eigenvalue weighted by Crippen LogP contribution is 2.21. The number of nitrogens with zero attached hydrogens (tertiary/aromatic N) is 4. The van der Waals surface area contributed by atoms with E-state index in [4.69, 9.17) is 4.74 Å². The number of sulfonamides is 1. The number of hydrogen-bond donors (Lipinski definition) is 0. The minimum atomic E-state index is -3.58. The third-order valence-electron chi connectivity index (χ3n) is 4.84. The summed E-state index contributed by atoms with van der Waals surface area (Å²) in [5.41, 5.74) is 0.913. The molecule has 3 rings (SSSR count). The molecule has 1 aromatic carbocycles. The Balaban J connectivity index is 1.65. The van der Waals surface area contributed by atoms with Crippen molar-refractivity contribution in [2.24, 2.45) is 0 Å². The highest BCUT2D eigenvalue weighted by Gasteiger charge is 2.32. The second kappa shape index (κ2) is 7.69. The molecule has 0 bridgehead atoms. The molecule has 1 atom stereocenters. The third kappa shape index (κ3) is 3.84. The summed E-state index contributed by atoms with van der Waals surface area (Å²) in [4.78, 5) is 14.7. The summed E-state index contributed by atoms with van der Waals surface area (Å²) in [6.45, 7) is 4.96. The monoisotopic (exact) mass is 392 g/mol. The summed E-state index contributed by atoms with van der Waals surface area (Å²) in [7, 11) is -2.05.